The molecule has 0 bridgehead atoms. The largest absolute Gasteiger partial charge is 0.207 e. The van der Waals surface area contributed by atoms with Gasteiger partial charge in [-0.05, 0) is 42.7 Å². The zero-order valence-corrected chi connectivity index (χ0v) is 10.6. The van der Waals surface area contributed by atoms with Crippen LogP contribution in [0.5, 0.6) is 0 Å². The Balaban J connectivity index is 2.12. The van der Waals surface area contributed by atoms with Crippen LogP contribution in [-0.2, 0) is 6.42 Å². The summed E-state index contributed by atoms with van der Waals surface area (Å²) in [5.41, 5.74) is 1.14. The Hall–Kier alpha value is -0.370. The Labute approximate surface area is 99.0 Å². The van der Waals surface area contributed by atoms with Gasteiger partial charge in [-0.15, -0.1) is 0 Å². The van der Waals surface area contributed by atoms with Crippen LogP contribution in [0.2, 0.25) is 0 Å². The fraction of sp³-hybridized carbons (Fsp3) is 0.538. The highest BCUT2D eigenvalue weighted by atomic mass is 79.9. The van der Waals surface area contributed by atoms with E-state index < -0.39 is 0 Å². The molecule has 1 aliphatic rings. The summed E-state index contributed by atoms with van der Waals surface area (Å²) in [6.45, 7) is 2.26. The molecule has 1 aromatic rings. The molecule has 2 unspecified atom stereocenters. The van der Waals surface area contributed by atoms with E-state index in [1.165, 1.54) is 12.8 Å². The van der Waals surface area contributed by atoms with Crippen molar-refractivity contribution in [1.29, 1.82) is 0 Å². The van der Waals surface area contributed by atoms with Gasteiger partial charge in [-0.3, -0.25) is 0 Å². The van der Waals surface area contributed by atoms with E-state index in [1.54, 1.807) is 12.1 Å². The monoisotopic (exact) mass is 270 g/mol. The maximum atomic E-state index is 13.5. The van der Waals surface area contributed by atoms with Crippen LogP contribution >= 0.6 is 15.9 Å². The van der Waals surface area contributed by atoms with Crippen molar-refractivity contribution >= 4 is 15.9 Å². The van der Waals surface area contributed by atoms with Crippen molar-refractivity contribution in [3.63, 3.8) is 0 Å². The highest BCUT2D eigenvalue weighted by Crippen LogP contribution is 2.43. The molecule has 2 heteroatoms. The Bertz CT molecular complexity index is 350. The first-order chi connectivity index (χ1) is 7.09. The number of hydrogen-bond acceptors (Lipinski definition) is 0. The second kappa shape index (κ2) is 4.25. The third-order valence-corrected chi connectivity index (χ3v) is 4.13. The molecule has 0 heterocycles. The number of halogens is 2. The van der Waals surface area contributed by atoms with E-state index in [-0.39, 0.29) is 11.2 Å². The van der Waals surface area contributed by atoms with Gasteiger partial charge in [0.25, 0.3) is 0 Å². The van der Waals surface area contributed by atoms with Crippen LogP contribution in [0.25, 0.3) is 0 Å². The zero-order chi connectivity index (χ0) is 10.9. The number of benzene rings is 1. The number of hydrogen-bond donors (Lipinski definition) is 0. The highest BCUT2D eigenvalue weighted by molar-refractivity contribution is 9.09. The van der Waals surface area contributed by atoms with Crippen LogP contribution in [0.15, 0.2) is 24.3 Å². The van der Waals surface area contributed by atoms with E-state index in [4.69, 9.17) is 0 Å². The lowest BCUT2D eigenvalue weighted by atomic mass is 9.82. The normalized spacial score (nSPS) is 30.7. The third kappa shape index (κ3) is 2.60. The van der Waals surface area contributed by atoms with E-state index in [2.05, 4.69) is 22.9 Å². The van der Waals surface area contributed by atoms with Crippen LogP contribution < -0.4 is 0 Å². The molecule has 1 aliphatic carbocycles. The van der Waals surface area contributed by atoms with Crippen LogP contribution in [0.3, 0.4) is 0 Å². The van der Waals surface area contributed by atoms with Gasteiger partial charge in [0.1, 0.15) is 5.82 Å². The van der Waals surface area contributed by atoms with Gasteiger partial charge in [0, 0.05) is 4.83 Å². The van der Waals surface area contributed by atoms with Gasteiger partial charge in [0.05, 0.1) is 0 Å². The van der Waals surface area contributed by atoms with Gasteiger partial charge in [0.15, 0.2) is 0 Å². The minimum atomic E-state index is -0.0586. The van der Waals surface area contributed by atoms with Crippen LogP contribution in [-0.4, -0.2) is 4.83 Å². The average Bonchev–Trinajstić information content (AvgIpc) is 2.51. The van der Waals surface area contributed by atoms with Crippen LogP contribution in [0, 0.1) is 11.2 Å². The van der Waals surface area contributed by atoms with E-state index in [0.717, 1.165) is 18.4 Å². The Morgan fingerprint density at radius 1 is 1.47 bits per heavy atom. The summed E-state index contributed by atoms with van der Waals surface area (Å²) in [4.78, 5) is 0.620. The quantitative estimate of drug-likeness (QED) is 0.703. The maximum absolute atomic E-state index is 13.5. The van der Waals surface area contributed by atoms with Gasteiger partial charge in [0.2, 0.25) is 0 Å². The first-order valence-corrected chi connectivity index (χ1v) is 6.38. The number of alkyl halides is 1. The Morgan fingerprint density at radius 2 is 2.20 bits per heavy atom. The predicted octanol–water partition coefficient (Wildman–Crippen LogP) is 4.32. The predicted molar refractivity (Wildman–Crippen MR) is 64.8 cm³/mol. The molecule has 2 rings (SSSR count). The summed E-state index contributed by atoms with van der Waals surface area (Å²) in [6, 6.07) is 7.13. The summed E-state index contributed by atoms with van der Waals surface area (Å²) >= 11 is 3.65. The molecule has 0 aliphatic heterocycles. The molecule has 0 amide bonds. The Morgan fingerprint density at radius 3 is 2.80 bits per heavy atom. The zero-order valence-electron chi connectivity index (χ0n) is 8.97. The van der Waals surface area contributed by atoms with Crippen molar-refractivity contribution < 1.29 is 4.39 Å². The van der Waals surface area contributed by atoms with E-state index in [0.29, 0.717) is 4.83 Å². The van der Waals surface area contributed by atoms with Crippen molar-refractivity contribution in [2.24, 2.45) is 5.41 Å². The molecule has 0 aromatic heterocycles. The van der Waals surface area contributed by atoms with Crippen LogP contribution in [0.1, 0.15) is 31.7 Å². The molecule has 0 N–H and O–H groups in total. The molecule has 0 spiro atoms. The molecule has 15 heavy (non-hydrogen) atoms. The average molecular weight is 271 g/mol. The minimum absolute atomic E-state index is 0.0586. The van der Waals surface area contributed by atoms with Crippen LogP contribution in [0.4, 0.5) is 4.39 Å². The topological polar surface area (TPSA) is 0 Å². The fourth-order valence-corrected chi connectivity index (χ4v) is 3.52. The molecular formula is C13H16BrF. The summed E-state index contributed by atoms with van der Waals surface area (Å²) in [7, 11) is 0. The molecular weight excluding hydrogens is 255 g/mol. The molecule has 2 atom stereocenters. The van der Waals surface area contributed by atoms with E-state index >= 15 is 0 Å². The minimum Gasteiger partial charge on any atom is -0.207 e. The van der Waals surface area contributed by atoms with Gasteiger partial charge >= 0.3 is 0 Å². The summed E-state index contributed by atoms with van der Waals surface area (Å²) < 4.78 is 13.5. The summed E-state index contributed by atoms with van der Waals surface area (Å²) in [5, 5.41) is 0. The third-order valence-electron chi connectivity index (χ3n) is 3.35. The van der Waals surface area contributed by atoms with E-state index in [1.807, 2.05) is 12.1 Å². The number of rotatable bonds is 2. The molecule has 82 valence electrons. The maximum Gasteiger partial charge on any atom is 0.126 e. The fourth-order valence-electron chi connectivity index (χ4n) is 2.51. The summed E-state index contributed by atoms with van der Waals surface area (Å²) in [6.07, 6.45) is 4.42. The van der Waals surface area contributed by atoms with Gasteiger partial charge < -0.3 is 0 Å². The smallest absolute Gasteiger partial charge is 0.126 e. The second-order valence-corrected chi connectivity index (χ2v) is 6.21. The molecule has 0 radical (unpaired) electrons. The molecule has 0 nitrogen and oxygen atoms in total. The SMILES string of the molecule is CC1(Cc2ccccc2F)CCC(Br)C1. The first-order valence-electron chi connectivity index (χ1n) is 5.47. The highest BCUT2D eigenvalue weighted by Gasteiger charge is 2.34. The van der Waals surface area contributed by atoms with Gasteiger partial charge in [-0.2, -0.15) is 0 Å². The van der Waals surface area contributed by atoms with Crippen molar-refractivity contribution in [1.82, 2.24) is 0 Å². The van der Waals surface area contributed by atoms with Crippen molar-refractivity contribution in [2.75, 3.05) is 0 Å². The van der Waals surface area contributed by atoms with E-state index in [9.17, 15) is 4.39 Å². The summed E-state index contributed by atoms with van der Waals surface area (Å²) in [5.74, 6) is -0.0586. The van der Waals surface area contributed by atoms with Gasteiger partial charge in [-0.1, -0.05) is 41.1 Å². The van der Waals surface area contributed by atoms with Crippen molar-refractivity contribution in [3.05, 3.63) is 35.6 Å². The van der Waals surface area contributed by atoms with Gasteiger partial charge in [-0.25, -0.2) is 4.39 Å². The lowest BCUT2D eigenvalue weighted by molar-refractivity contribution is 0.330. The van der Waals surface area contributed by atoms with Crippen molar-refractivity contribution in [3.8, 4) is 0 Å². The standard InChI is InChI=1S/C13H16BrF/c1-13(7-6-11(14)9-13)8-10-4-2-3-5-12(10)15/h2-5,11H,6-9H2,1H3. The lowest BCUT2D eigenvalue weighted by Crippen LogP contribution is -2.16. The second-order valence-electron chi connectivity index (χ2n) is 4.92. The molecule has 1 aromatic carbocycles. The molecule has 1 saturated carbocycles. The Kier molecular flexibility index (Phi) is 3.15. The molecule has 0 saturated heterocycles. The first kappa shape index (κ1) is 11.1. The molecule has 1 fully saturated rings. The lowest BCUT2D eigenvalue weighted by Gasteiger charge is -2.23. The van der Waals surface area contributed by atoms with Crippen molar-refractivity contribution in [2.45, 2.75) is 37.4 Å².